The molecule has 0 aromatic carbocycles. The fourth-order valence-electron chi connectivity index (χ4n) is 3.25. The maximum atomic E-state index is 13.0. The SMILES string of the molecule is [CH2-][NH+]1C2COCC23CC(F)(F)C13. The molecule has 0 aromatic heterocycles. The number of nitrogens with one attached hydrogen (secondary N) is 1. The number of piperidine rings is 1. The summed E-state index contributed by atoms with van der Waals surface area (Å²) in [4.78, 5) is 0.726. The van der Waals surface area contributed by atoms with Crippen LogP contribution < -0.4 is 4.90 Å². The monoisotopic (exact) mass is 175 g/mol. The predicted octanol–water partition coefficient (Wildman–Crippen LogP) is -0.531. The van der Waals surface area contributed by atoms with E-state index in [9.17, 15) is 8.78 Å². The summed E-state index contributed by atoms with van der Waals surface area (Å²) in [5.74, 6) is -2.48. The topological polar surface area (TPSA) is 13.7 Å². The Bertz CT molecular complexity index is 245. The van der Waals surface area contributed by atoms with Gasteiger partial charge in [0.15, 0.2) is 0 Å². The lowest BCUT2D eigenvalue weighted by Gasteiger charge is -2.68. The van der Waals surface area contributed by atoms with Crippen molar-refractivity contribution in [3.05, 3.63) is 7.05 Å². The van der Waals surface area contributed by atoms with E-state index in [1.165, 1.54) is 0 Å². The standard InChI is InChI=1S/C8H11F2NO/c1-11-5-2-12-4-7(5)3-8(9,10)6(7)11/h5-6,11H,1-4H2. The number of alkyl halides is 2. The fourth-order valence-corrected chi connectivity index (χ4v) is 3.25. The second-order valence-electron chi connectivity index (χ2n) is 4.25. The van der Waals surface area contributed by atoms with Gasteiger partial charge in [0.25, 0.3) is 5.92 Å². The van der Waals surface area contributed by atoms with Gasteiger partial charge in [0, 0.05) is 6.42 Å². The van der Waals surface area contributed by atoms with E-state index < -0.39 is 12.0 Å². The third-order valence-corrected chi connectivity index (χ3v) is 3.73. The van der Waals surface area contributed by atoms with Crippen molar-refractivity contribution in [1.82, 2.24) is 0 Å². The van der Waals surface area contributed by atoms with Crippen molar-refractivity contribution in [2.75, 3.05) is 13.2 Å². The van der Waals surface area contributed by atoms with E-state index in [4.69, 9.17) is 4.74 Å². The van der Waals surface area contributed by atoms with Crippen LogP contribution in [0.25, 0.3) is 0 Å². The minimum absolute atomic E-state index is 0.0222. The Balaban J connectivity index is 1.93. The molecule has 0 amide bonds. The van der Waals surface area contributed by atoms with E-state index in [0.29, 0.717) is 13.2 Å². The molecule has 2 nitrogen and oxygen atoms in total. The van der Waals surface area contributed by atoms with Gasteiger partial charge in [0.05, 0.1) is 13.2 Å². The van der Waals surface area contributed by atoms with Crippen molar-refractivity contribution in [2.24, 2.45) is 5.41 Å². The van der Waals surface area contributed by atoms with Gasteiger partial charge in [-0.3, -0.25) is 0 Å². The summed E-state index contributed by atoms with van der Waals surface area (Å²) >= 11 is 0. The van der Waals surface area contributed by atoms with E-state index in [2.05, 4.69) is 7.05 Å². The highest BCUT2D eigenvalue weighted by Gasteiger charge is 2.82. The number of hydrogen-bond acceptors (Lipinski definition) is 1. The Morgan fingerprint density at radius 2 is 2.25 bits per heavy atom. The lowest BCUT2D eigenvalue weighted by Crippen LogP contribution is -3.31. The second kappa shape index (κ2) is 1.68. The van der Waals surface area contributed by atoms with Gasteiger partial charge >= 0.3 is 0 Å². The third kappa shape index (κ3) is 0.501. The molecule has 3 fully saturated rings. The van der Waals surface area contributed by atoms with E-state index in [-0.39, 0.29) is 17.9 Å². The van der Waals surface area contributed by atoms with Crippen molar-refractivity contribution < 1.29 is 18.4 Å². The molecule has 1 aliphatic carbocycles. The molecular formula is C8H11F2NO. The molecule has 1 saturated carbocycles. The number of quaternary nitrogens is 1. The summed E-state index contributed by atoms with van der Waals surface area (Å²) in [5, 5.41) is 0. The van der Waals surface area contributed by atoms with Crippen LogP contribution in [0.5, 0.6) is 0 Å². The predicted molar refractivity (Wildman–Crippen MR) is 36.7 cm³/mol. The summed E-state index contributed by atoms with van der Waals surface area (Å²) < 4.78 is 31.2. The van der Waals surface area contributed by atoms with Crippen LogP contribution in [0.1, 0.15) is 6.42 Å². The highest BCUT2D eigenvalue weighted by molar-refractivity contribution is 5.18. The molecule has 4 heteroatoms. The Morgan fingerprint density at radius 3 is 2.92 bits per heavy atom. The molecule has 0 bridgehead atoms. The lowest BCUT2D eigenvalue weighted by atomic mass is 9.52. The number of ether oxygens (including phenoxy) is 1. The Morgan fingerprint density at radius 1 is 1.50 bits per heavy atom. The Hall–Kier alpha value is -0.220. The molecule has 1 spiro atoms. The van der Waals surface area contributed by atoms with Gasteiger partial charge in [-0.1, -0.05) is 0 Å². The number of rotatable bonds is 0. The van der Waals surface area contributed by atoms with Gasteiger partial charge in [-0.25, -0.2) is 8.78 Å². The number of hydrogen-bond donors (Lipinski definition) is 1. The molecule has 4 atom stereocenters. The zero-order chi connectivity index (χ0) is 8.56. The van der Waals surface area contributed by atoms with Crippen molar-refractivity contribution in [3.63, 3.8) is 0 Å². The fraction of sp³-hybridized carbons (Fsp3) is 0.875. The highest BCUT2D eigenvalue weighted by Crippen LogP contribution is 2.58. The first-order chi connectivity index (χ1) is 5.58. The minimum atomic E-state index is -2.48. The van der Waals surface area contributed by atoms with Crippen LogP contribution in [0, 0.1) is 12.5 Å². The van der Waals surface area contributed by atoms with Crippen LogP contribution in [0.2, 0.25) is 0 Å². The maximum Gasteiger partial charge on any atom is 0.298 e. The first-order valence-electron chi connectivity index (χ1n) is 4.22. The molecule has 4 unspecified atom stereocenters. The zero-order valence-electron chi connectivity index (χ0n) is 6.65. The molecule has 2 saturated heterocycles. The first kappa shape index (κ1) is 7.21. The molecule has 3 rings (SSSR count). The summed E-state index contributed by atoms with van der Waals surface area (Å²) in [5.41, 5.74) is -0.194. The van der Waals surface area contributed by atoms with Crippen LogP contribution in [0.4, 0.5) is 8.78 Å². The highest BCUT2D eigenvalue weighted by atomic mass is 19.3. The van der Waals surface area contributed by atoms with Gasteiger partial charge in [0.1, 0.15) is 17.5 Å². The van der Waals surface area contributed by atoms with E-state index in [1.807, 2.05) is 0 Å². The maximum absolute atomic E-state index is 13.0. The smallest absolute Gasteiger partial charge is 0.298 e. The van der Waals surface area contributed by atoms with Gasteiger partial charge in [-0.15, -0.1) is 7.05 Å². The van der Waals surface area contributed by atoms with Crippen LogP contribution in [0.3, 0.4) is 0 Å². The van der Waals surface area contributed by atoms with Gasteiger partial charge in [-0.2, -0.15) is 0 Å². The quantitative estimate of drug-likeness (QED) is 0.489. The number of likely N-dealkylation sites (tertiary alicyclic amines) is 1. The molecule has 68 valence electrons. The average Bonchev–Trinajstić information content (AvgIpc) is 2.27. The zero-order valence-corrected chi connectivity index (χ0v) is 6.65. The average molecular weight is 175 g/mol. The first-order valence-corrected chi connectivity index (χ1v) is 4.22. The van der Waals surface area contributed by atoms with Crippen molar-refractivity contribution in [3.8, 4) is 0 Å². The van der Waals surface area contributed by atoms with Crippen LogP contribution in [0.15, 0.2) is 0 Å². The normalized spacial score (nSPS) is 59.8. The lowest BCUT2D eigenvalue weighted by molar-refractivity contribution is -1.00. The summed E-state index contributed by atoms with van der Waals surface area (Å²) in [7, 11) is 3.72. The van der Waals surface area contributed by atoms with Crippen molar-refractivity contribution >= 4 is 0 Å². The summed E-state index contributed by atoms with van der Waals surface area (Å²) in [6.45, 7) is 1.14. The van der Waals surface area contributed by atoms with E-state index in [1.54, 1.807) is 0 Å². The molecular weight excluding hydrogens is 164 g/mol. The third-order valence-electron chi connectivity index (χ3n) is 3.73. The molecule has 2 aliphatic heterocycles. The second-order valence-corrected chi connectivity index (χ2v) is 4.25. The summed E-state index contributed by atoms with van der Waals surface area (Å²) in [6, 6.07) is -0.320. The molecule has 2 heterocycles. The largest absolute Gasteiger partial charge is 0.455 e. The molecule has 1 N–H and O–H groups in total. The minimum Gasteiger partial charge on any atom is -0.455 e. The molecule has 0 radical (unpaired) electrons. The Kier molecular flexibility index (Phi) is 1.01. The number of halogens is 2. The Labute approximate surface area is 69.5 Å². The van der Waals surface area contributed by atoms with Gasteiger partial charge < -0.3 is 9.64 Å². The molecule has 3 aliphatic rings. The van der Waals surface area contributed by atoms with E-state index >= 15 is 0 Å². The van der Waals surface area contributed by atoms with Crippen LogP contribution >= 0.6 is 0 Å². The van der Waals surface area contributed by atoms with Crippen LogP contribution in [-0.2, 0) is 4.74 Å². The van der Waals surface area contributed by atoms with Gasteiger partial charge in [-0.05, 0) is 0 Å². The van der Waals surface area contributed by atoms with Crippen molar-refractivity contribution in [1.29, 1.82) is 0 Å². The molecule has 12 heavy (non-hydrogen) atoms. The van der Waals surface area contributed by atoms with Crippen LogP contribution in [-0.4, -0.2) is 31.2 Å². The summed E-state index contributed by atoms with van der Waals surface area (Å²) in [6.07, 6.45) is 0.0222. The molecule has 0 aromatic rings. The van der Waals surface area contributed by atoms with E-state index in [0.717, 1.165) is 4.90 Å². The van der Waals surface area contributed by atoms with Gasteiger partial charge in [0.2, 0.25) is 0 Å². The van der Waals surface area contributed by atoms with Crippen molar-refractivity contribution in [2.45, 2.75) is 24.4 Å².